The molecule has 28 heavy (non-hydrogen) atoms. The minimum atomic E-state index is -1.75. The summed E-state index contributed by atoms with van der Waals surface area (Å²) in [5, 5.41) is 13.6. The fourth-order valence-electron chi connectivity index (χ4n) is 3.87. The summed E-state index contributed by atoms with van der Waals surface area (Å²) in [6.07, 6.45) is -1.68. The lowest BCUT2D eigenvalue weighted by Crippen LogP contribution is -2.49. The summed E-state index contributed by atoms with van der Waals surface area (Å²) in [5.74, 6) is -0.415. The predicted octanol–water partition coefficient (Wildman–Crippen LogP) is 4.61. The standard InChI is InChI=1S/C17H17BrCl4N2O4/c1-7(25)8-2-3-10-12-9(4-11(26)14(18)13(8)12)15(23-6-19)24(10)16(27)28-5-17(20,21)22/h2-3,9,11,14-15,23,26H,4-6H2,1H3. The molecule has 0 saturated heterocycles. The van der Waals surface area contributed by atoms with Crippen molar-refractivity contribution in [3.05, 3.63) is 28.8 Å². The van der Waals surface area contributed by atoms with Crippen LogP contribution < -0.4 is 10.2 Å². The molecular formula is C17H17BrCl4N2O4. The van der Waals surface area contributed by atoms with Gasteiger partial charge >= 0.3 is 6.09 Å². The fraction of sp³-hybridized carbons (Fsp3) is 0.529. The lowest BCUT2D eigenvalue weighted by molar-refractivity contribution is 0.101. The minimum absolute atomic E-state index is 0.0616. The van der Waals surface area contributed by atoms with Gasteiger partial charge in [-0.1, -0.05) is 50.7 Å². The van der Waals surface area contributed by atoms with Gasteiger partial charge in [0.1, 0.15) is 6.61 Å². The molecule has 2 aliphatic rings. The summed E-state index contributed by atoms with van der Waals surface area (Å²) in [4.78, 5) is 25.9. The van der Waals surface area contributed by atoms with Gasteiger partial charge in [0, 0.05) is 11.5 Å². The maximum absolute atomic E-state index is 12.8. The van der Waals surface area contributed by atoms with Crippen LogP contribution in [0.5, 0.6) is 0 Å². The number of rotatable bonds is 4. The second-order valence-electron chi connectivity index (χ2n) is 6.65. The quantitative estimate of drug-likeness (QED) is 0.335. The SMILES string of the molecule is CC(=O)c1ccc2c3c1C(Br)C(O)CC3C(NCCl)N2C(=O)OCC(Cl)(Cl)Cl. The first-order valence-corrected chi connectivity index (χ1v) is 11.0. The molecule has 1 aliphatic carbocycles. The number of aliphatic hydroxyl groups excluding tert-OH is 1. The lowest BCUT2D eigenvalue weighted by atomic mass is 9.78. The van der Waals surface area contributed by atoms with Crippen molar-refractivity contribution in [3.63, 3.8) is 0 Å². The van der Waals surface area contributed by atoms with Gasteiger partial charge in [0.25, 0.3) is 0 Å². The largest absolute Gasteiger partial charge is 0.445 e. The van der Waals surface area contributed by atoms with Gasteiger partial charge in [-0.05, 0) is 36.6 Å². The zero-order chi connectivity index (χ0) is 20.8. The van der Waals surface area contributed by atoms with Crippen molar-refractivity contribution in [1.82, 2.24) is 5.32 Å². The van der Waals surface area contributed by atoms with Crippen LogP contribution in [0.1, 0.15) is 45.6 Å². The van der Waals surface area contributed by atoms with E-state index < -0.39 is 33.6 Å². The lowest BCUT2D eigenvalue weighted by Gasteiger charge is -2.34. The molecule has 0 spiro atoms. The fourth-order valence-corrected chi connectivity index (χ4v) is 4.90. The molecular weight excluding hydrogens is 518 g/mol. The number of aliphatic hydroxyl groups is 1. The van der Waals surface area contributed by atoms with E-state index in [0.717, 1.165) is 5.56 Å². The number of nitrogens with zero attached hydrogens (tertiary/aromatic N) is 1. The highest BCUT2D eigenvalue weighted by atomic mass is 79.9. The number of anilines is 1. The molecule has 1 aromatic rings. The van der Waals surface area contributed by atoms with E-state index in [9.17, 15) is 14.7 Å². The van der Waals surface area contributed by atoms with E-state index in [2.05, 4.69) is 21.2 Å². The molecule has 6 nitrogen and oxygen atoms in total. The molecule has 1 aliphatic heterocycles. The van der Waals surface area contributed by atoms with Crippen molar-refractivity contribution < 1.29 is 19.4 Å². The number of nitrogens with one attached hydrogen (secondary N) is 1. The maximum Gasteiger partial charge on any atom is 0.415 e. The van der Waals surface area contributed by atoms with E-state index in [0.29, 0.717) is 23.2 Å². The Morgan fingerprint density at radius 1 is 1.36 bits per heavy atom. The maximum atomic E-state index is 12.8. The molecule has 1 aromatic carbocycles. The summed E-state index contributed by atoms with van der Waals surface area (Å²) < 4.78 is 3.43. The first kappa shape index (κ1) is 22.4. The van der Waals surface area contributed by atoms with E-state index in [1.54, 1.807) is 12.1 Å². The van der Waals surface area contributed by atoms with Crippen LogP contribution in [0, 0.1) is 0 Å². The summed E-state index contributed by atoms with van der Waals surface area (Å²) in [7, 11) is 0. The Morgan fingerprint density at radius 3 is 2.61 bits per heavy atom. The van der Waals surface area contributed by atoms with Crippen molar-refractivity contribution in [2.24, 2.45) is 0 Å². The number of hydrogen-bond donors (Lipinski definition) is 2. The van der Waals surface area contributed by atoms with Gasteiger partial charge in [0.05, 0.1) is 28.8 Å². The van der Waals surface area contributed by atoms with E-state index >= 15 is 0 Å². The first-order chi connectivity index (χ1) is 13.1. The highest BCUT2D eigenvalue weighted by Gasteiger charge is 2.49. The third kappa shape index (κ3) is 4.13. The Bertz CT molecular complexity index is 804. The molecule has 2 N–H and O–H groups in total. The predicted molar refractivity (Wildman–Crippen MR) is 113 cm³/mol. The summed E-state index contributed by atoms with van der Waals surface area (Å²) in [5.41, 5.74) is 2.53. The Kier molecular flexibility index (Phi) is 6.77. The Morgan fingerprint density at radius 2 is 2.04 bits per heavy atom. The van der Waals surface area contributed by atoms with Gasteiger partial charge < -0.3 is 9.84 Å². The Hall–Kier alpha value is -0.280. The van der Waals surface area contributed by atoms with Crippen LogP contribution in [0.15, 0.2) is 12.1 Å². The average molecular weight is 535 g/mol. The zero-order valence-electron chi connectivity index (χ0n) is 14.6. The second-order valence-corrected chi connectivity index (χ2v) is 10.4. The number of alkyl halides is 5. The van der Waals surface area contributed by atoms with Crippen molar-refractivity contribution in [1.29, 1.82) is 0 Å². The van der Waals surface area contributed by atoms with Crippen LogP contribution in [0.4, 0.5) is 10.5 Å². The minimum Gasteiger partial charge on any atom is -0.445 e. The van der Waals surface area contributed by atoms with Gasteiger partial charge in [-0.2, -0.15) is 0 Å². The van der Waals surface area contributed by atoms with Gasteiger partial charge in [-0.25, -0.2) is 4.79 Å². The summed E-state index contributed by atoms with van der Waals surface area (Å²) in [6.45, 7) is 1.03. The van der Waals surface area contributed by atoms with Crippen molar-refractivity contribution in [3.8, 4) is 0 Å². The highest BCUT2D eigenvalue weighted by Crippen LogP contribution is 2.53. The number of carbonyl (C=O) groups is 2. The molecule has 11 heteroatoms. The third-order valence-corrected chi connectivity index (χ3v) is 6.43. The highest BCUT2D eigenvalue weighted by molar-refractivity contribution is 9.09. The normalized spacial score (nSPS) is 26.2. The van der Waals surface area contributed by atoms with Crippen molar-refractivity contribution >= 4 is 79.9 Å². The number of hydrogen-bond acceptors (Lipinski definition) is 5. The van der Waals surface area contributed by atoms with Gasteiger partial charge in [0.2, 0.25) is 3.79 Å². The number of Topliss-reactive ketones (excluding diaryl/α,β-unsaturated/α-hetero) is 1. The smallest absolute Gasteiger partial charge is 0.415 e. The molecule has 0 fully saturated rings. The van der Waals surface area contributed by atoms with E-state index in [4.69, 9.17) is 51.1 Å². The molecule has 4 atom stereocenters. The van der Waals surface area contributed by atoms with E-state index in [1.807, 2.05) is 0 Å². The van der Waals surface area contributed by atoms with Crippen molar-refractivity contribution in [2.75, 3.05) is 17.5 Å². The molecule has 0 aromatic heterocycles. The number of carbonyl (C=O) groups excluding carboxylic acids is 2. The summed E-state index contributed by atoms with van der Waals surface area (Å²) in [6, 6.07) is 3.39. The number of halogens is 5. The molecule has 4 unspecified atom stereocenters. The number of ketones is 1. The van der Waals surface area contributed by atoms with Crippen LogP contribution in [0.25, 0.3) is 0 Å². The van der Waals surface area contributed by atoms with Crippen LogP contribution in [-0.2, 0) is 4.74 Å². The van der Waals surface area contributed by atoms with Crippen molar-refractivity contribution in [2.45, 2.75) is 40.2 Å². The number of benzene rings is 1. The van der Waals surface area contributed by atoms with Crippen LogP contribution in [0.2, 0.25) is 0 Å². The Labute approximate surface area is 190 Å². The Balaban J connectivity index is 2.10. The zero-order valence-corrected chi connectivity index (χ0v) is 19.2. The monoisotopic (exact) mass is 532 g/mol. The first-order valence-electron chi connectivity index (χ1n) is 8.38. The van der Waals surface area contributed by atoms with E-state index in [-0.39, 0.29) is 17.7 Å². The average Bonchev–Trinajstić information content (AvgIpc) is 2.91. The number of ether oxygens (including phenoxy) is 1. The van der Waals surface area contributed by atoms with Crippen LogP contribution in [0.3, 0.4) is 0 Å². The molecule has 154 valence electrons. The van der Waals surface area contributed by atoms with Gasteiger partial charge in [-0.15, -0.1) is 11.6 Å². The van der Waals surface area contributed by atoms with Gasteiger partial charge in [-0.3, -0.25) is 15.0 Å². The van der Waals surface area contributed by atoms with Crippen LogP contribution in [-0.4, -0.2) is 45.7 Å². The molecule has 1 amide bonds. The van der Waals surface area contributed by atoms with Crippen LogP contribution >= 0.6 is 62.3 Å². The molecule has 0 bridgehead atoms. The topological polar surface area (TPSA) is 78.9 Å². The molecule has 1 heterocycles. The molecule has 0 radical (unpaired) electrons. The number of amides is 1. The third-order valence-electron chi connectivity index (χ3n) is 4.88. The summed E-state index contributed by atoms with van der Waals surface area (Å²) >= 11 is 26.5. The second kappa shape index (κ2) is 8.46. The molecule has 3 rings (SSSR count). The van der Waals surface area contributed by atoms with E-state index in [1.165, 1.54) is 11.8 Å². The van der Waals surface area contributed by atoms with Gasteiger partial charge in [0.15, 0.2) is 5.78 Å². The molecule has 0 saturated carbocycles.